The van der Waals surface area contributed by atoms with E-state index in [1.165, 1.54) is 37.7 Å². The van der Waals surface area contributed by atoms with Crippen LogP contribution in [-0.4, -0.2) is 31.1 Å². The first-order valence-electron chi connectivity index (χ1n) is 8.46. The molecular formula is C18H29Cl2FN2. The van der Waals surface area contributed by atoms with Crippen LogP contribution in [0.4, 0.5) is 4.39 Å². The molecule has 0 spiro atoms. The normalized spacial score (nSPS) is 21.1. The van der Waals surface area contributed by atoms with Crippen molar-refractivity contribution < 1.29 is 4.39 Å². The van der Waals surface area contributed by atoms with Crippen molar-refractivity contribution in [3.63, 3.8) is 0 Å². The zero-order chi connectivity index (χ0) is 14.7. The van der Waals surface area contributed by atoms with Crippen LogP contribution in [0.1, 0.15) is 49.3 Å². The Hall–Kier alpha value is -0.350. The SMILES string of the molecule is Cc1ccc([C@@H](C2CCCCC2)N2CCNCC2)cc1F.Cl.Cl. The minimum atomic E-state index is -0.0524. The van der Waals surface area contributed by atoms with Crippen LogP contribution >= 0.6 is 24.8 Å². The van der Waals surface area contributed by atoms with Gasteiger partial charge in [0.2, 0.25) is 0 Å². The molecule has 2 nitrogen and oxygen atoms in total. The molecule has 5 heteroatoms. The average molecular weight is 363 g/mol. The molecule has 132 valence electrons. The maximum Gasteiger partial charge on any atom is 0.126 e. The first kappa shape index (κ1) is 20.7. The Bertz CT molecular complexity index is 454. The van der Waals surface area contributed by atoms with Crippen molar-refractivity contribution >= 4 is 24.8 Å². The van der Waals surface area contributed by atoms with Crippen molar-refractivity contribution in [2.24, 2.45) is 5.92 Å². The van der Waals surface area contributed by atoms with Gasteiger partial charge in [0, 0.05) is 32.2 Å². The summed E-state index contributed by atoms with van der Waals surface area (Å²) in [6.45, 7) is 6.11. The van der Waals surface area contributed by atoms with Gasteiger partial charge in [-0.2, -0.15) is 0 Å². The quantitative estimate of drug-likeness (QED) is 0.850. The monoisotopic (exact) mass is 362 g/mol. The van der Waals surface area contributed by atoms with Crippen LogP contribution in [0, 0.1) is 18.7 Å². The molecular weight excluding hydrogens is 334 g/mol. The molecule has 2 fully saturated rings. The molecule has 1 heterocycles. The molecule has 0 aromatic heterocycles. The van der Waals surface area contributed by atoms with Gasteiger partial charge in [0.1, 0.15) is 5.82 Å². The maximum absolute atomic E-state index is 14.0. The minimum Gasteiger partial charge on any atom is -0.314 e. The Balaban J connectivity index is 0.00000132. The lowest BCUT2D eigenvalue weighted by Gasteiger charge is -2.41. The highest BCUT2D eigenvalue weighted by atomic mass is 35.5. The molecule has 1 atom stereocenters. The molecule has 3 rings (SSSR count). The van der Waals surface area contributed by atoms with E-state index in [-0.39, 0.29) is 30.6 Å². The summed E-state index contributed by atoms with van der Waals surface area (Å²) in [6, 6.07) is 6.29. The van der Waals surface area contributed by atoms with Crippen molar-refractivity contribution in [3.8, 4) is 0 Å². The van der Waals surface area contributed by atoms with Crippen molar-refractivity contribution in [3.05, 3.63) is 35.1 Å². The van der Waals surface area contributed by atoms with Crippen molar-refractivity contribution in [1.29, 1.82) is 0 Å². The Labute approximate surface area is 152 Å². The highest BCUT2D eigenvalue weighted by Gasteiger charge is 2.31. The predicted molar refractivity (Wildman–Crippen MR) is 99.4 cm³/mol. The third-order valence-electron chi connectivity index (χ3n) is 5.18. The summed E-state index contributed by atoms with van der Waals surface area (Å²) in [5.41, 5.74) is 1.94. The summed E-state index contributed by atoms with van der Waals surface area (Å²) in [4.78, 5) is 2.58. The molecule has 0 unspecified atom stereocenters. The van der Waals surface area contributed by atoms with E-state index in [0.29, 0.717) is 12.0 Å². The smallest absolute Gasteiger partial charge is 0.126 e. The van der Waals surface area contributed by atoms with E-state index in [1.54, 1.807) is 6.07 Å². The topological polar surface area (TPSA) is 15.3 Å². The van der Waals surface area contributed by atoms with Gasteiger partial charge >= 0.3 is 0 Å². The number of aryl methyl sites for hydroxylation is 1. The number of nitrogens with one attached hydrogen (secondary N) is 1. The molecule has 1 aromatic carbocycles. The lowest BCUT2D eigenvalue weighted by molar-refractivity contribution is 0.103. The summed E-state index contributed by atoms with van der Waals surface area (Å²) in [7, 11) is 0. The second-order valence-electron chi connectivity index (χ2n) is 6.64. The molecule has 1 aliphatic carbocycles. The number of rotatable bonds is 3. The van der Waals surface area contributed by atoms with Gasteiger partial charge in [-0.1, -0.05) is 31.4 Å². The van der Waals surface area contributed by atoms with Crippen LogP contribution in [0.2, 0.25) is 0 Å². The van der Waals surface area contributed by atoms with Gasteiger partial charge < -0.3 is 5.32 Å². The second kappa shape index (κ2) is 9.83. The van der Waals surface area contributed by atoms with Gasteiger partial charge in [-0.3, -0.25) is 4.90 Å². The molecule has 1 aliphatic heterocycles. The van der Waals surface area contributed by atoms with Crippen LogP contribution in [0.15, 0.2) is 18.2 Å². The van der Waals surface area contributed by atoms with Crippen molar-refractivity contribution in [2.75, 3.05) is 26.2 Å². The molecule has 23 heavy (non-hydrogen) atoms. The summed E-state index contributed by atoms with van der Waals surface area (Å²) >= 11 is 0. The molecule has 2 aliphatic rings. The standard InChI is InChI=1S/C18H27FN2.2ClH/c1-14-7-8-16(13-17(14)19)18(15-5-3-2-4-6-15)21-11-9-20-10-12-21;;/h7-8,13,15,18,20H,2-6,9-12H2,1H3;2*1H/t18-;;/m1../s1. The Morgan fingerprint density at radius 1 is 1.09 bits per heavy atom. The number of piperazine rings is 1. The Morgan fingerprint density at radius 3 is 2.35 bits per heavy atom. The third-order valence-corrected chi connectivity index (χ3v) is 5.18. The summed E-state index contributed by atoms with van der Waals surface area (Å²) in [5.74, 6) is 0.641. The molecule has 1 saturated carbocycles. The van der Waals surface area contributed by atoms with E-state index in [9.17, 15) is 4.39 Å². The van der Waals surface area contributed by atoms with Gasteiger partial charge in [0.15, 0.2) is 0 Å². The van der Waals surface area contributed by atoms with Gasteiger partial charge in [0.25, 0.3) is 0 Å². The summed E-state index contributed by atoms with van der Waals surface area (Å²) in [6.07, 6.45) is 6.63. The average Bonchev–Trinajstić information content (AvgIpc) is 2.53. The van der Waals surface area contributed by atoms with Crippen LogP contribution in [0.25, 0.3) is 0 Å². The lowest BCUT2D eigenvalue weighted by Crippen LogP contribution is -2.47. The summed E-state index contributed by atoms with van der Waals surface area (Å²) in [5, 5.41) is 3.43. The number of hydrogen-bond acceptors (Lipinski definition) is 2. The second-order valence-corrected chi connectivity index (χ2v) is 6.64. The highest BCUT2D eigenvalue weighted by Crippen LogP contribution is 2.38. The van der Waals surface area contributed by atoms with Crippen molar-refractivity contribution in [1.82, 2.24) is 10.2 Å². The van der Waals surface area contributed by atoms with Gasteiger partial charge in [-0.05, 0) is 42.9 Å². The van der Waals surface area contributed by atoms with E-state index in [0.717, 1.165) is 31.7 Å². The fraction of sp³-hybridized carbons (Fsp3) is 0.667. The number of hydrogen-bond donors (Lipinski definition) is 1. The van der Waals surface area contributed by atoms with E-state index in [2.05, 4.69) is 16.3 Å². The molecule has 1 aromatic rings. The van der Waals surface area contributed by atoms with Gasteiger partial charge in [-0.15, -0.1) is 24.8 Å². The van der Waals surface area contributed by atoms with E-state index in [4.69, 9.17) is 0 Å². The fourth-order valence-electron chi connectivity index (χ4n) is 3.98. The van der Waals surface area contributed by atoms with E-state index >= 15 is 0 Å². The maximum atomic E-state index is 14.0. The van der Waals surface area contributed by atoms with Crippen LogP contribution in [0.3, 0.4) is 0 Å². The predicted octanol–water partition coefficient (Wildman–Crippen LogP) is 4.50. The van der Waals surface area contributed by atoms with Gasteiger partial charge in [0.05, 0.1) is 0 Å². The fourth-order valence-corrected chi connectivity index (χ4v) is 3.98. The summed E-state index contributed by atoms with van der Waals surface area (Å²) < 4.78 is 14.0. The number of nitrogens with zero attached hydrogens (tertiary/aromatic N) is 1. The van der Waals surface area contributed by atoms with Crippen molar-refractivity contribution in [2.45, 2.75) is 45.1 Å². The lowest BCUT2D eigenvalue weighted by atomic mass is 9.80. The zero-order valence-electron chi connectivity index (χ0n) is 13.9. The third kappa shape index (κ3) is 5.06. The molecule has 1 N–H and O–H groups in total. The molecule has 0 bridgehead atoms. The van der Waals surface area contributed by atoms with Crippen LogP contribution in [-0.2, 0) is 0 Å². The zero-order valence-corrected chi connectivity index (χ0v) is 15.5. The number of halogens is 3. The Morgan fingerprint density at radius 2 is 1.74 bits per heavy atom. The van der Waals surface area contributed by atoms with Crippen LogP contribution < -0.4 is 5.32 Å². The molecule has 1 saturated heterocycles. The first-order valence-corrected chi connectivity index (χ1v) is 8.46. The van der Waals surface area contributed by atoms with Gasteiger partial charge in [-0.25, -0.2) is 4.39 Å². The molecule has 0 amide bonds. The first-order chi connectivity index (χ1) is 10.3. The number of benzene rings is 1. The largest absolute Gasteiger partial charge is 0.314 e. The van der Waals surface area contributed by atoms with Crippen LogP contribution in [0.5, 0.6) is 0 Å². The Kier molecular flexibility index (Phi) is 8.84. The minimum absolute atomic E-state index is 0. The molecule has 0 radical (unpaired) electrons. The van der Waals surface area contributed by atoms with E-state index in [1.807, 2.05) is 13.0 Å². The van der Waals surface area contributed by atoms with E-state index < -0.39 is 0 Å². The highest BCUT2D eigenvalue weighted by molar-refractivity contribution is 5.85.